The van der Waals surface area contributed by atoms with Crippen molar-refractivity contribution in [3.63, 3.8) is 0 Å². The van der Waals surface area contributed by atoms with E-state index in [0.717, 1.165) is 5.56 Å². The zero-order valence-electron chi connectivity index (χ0n) is 15.7. The Balaban J connectivity index is 1.86. The molecule has 3 aromatic rings. The number of hydrogen-bond donors (Lipinski definition) is 1. The van der Waals surface area contributed by atoms with Gasteiger partial charge in [-0.15, -0.1) is 0 Å². The van der Waals surface area contributed by atoms with Gasteiger partial charge in [-0.05, 0) is 59.3 Å². The van der Waals surface area contributed by atoms with E-state index in [-0.39, 0.29) is 12.5 Å². The van der Waals surface area contributed by atoms with Crippen LogP contribution in [0.25, 0.3) is 0 Å². The highest BCUT2D eigenvalue weighted by Gasteiger charge is 2.17. The number of esters is 1. The molecule has 144 valence electrons. The molecular formula is C24H18BrNO3. The lowest BCUT2D eigenvalue weighted by atomic mass is 10.1. The van der Waals surface area contributed by atoms with Gasteiger partial charge >= 0.3 is 5.97 Å². The van der Waals surface area contributed by atoms with Gasteiger partial charge in [0, 0.05) is 15.6 Å². The first-order valence-electron chi connectivity index (χ1n) is 9.03. The molecule has 1 N–H and O–H groups in total. The van der Waals surface area contributed by atoms with E-state index < -0.39 is 5.97 Å². The Morgan fingerprint density at radius 1 is 0.897 bits per heavy atom. The molecule has 0 aliphatic heterocycles. The minimum absolute atomic E-state index is 0.259. The molecule has 0 spiro atoms. The molecule has 0 fully saturated rings. The lowest BCUT2D eigenvalue weighted by molar-refractivity contribution is 0.0527. The SMILES string of the molecule is CCOC(=O)c1ccccc1NC(=O)c1cccc(C#Cc2ccccc2)c1Br. The molecule has 5 heteroatoms. The van der Waals surface area contributed by atoms with E-state index in [1.807, 2.05) is 36.4 Å². The molecule has 0 aromatic heterocycles. The molecule has 3 aromatic carbocycles. The number of hydrogen-bond acceptors (Lipinski definition) is 3. The summed E-state index contributed by atoms with van der Waals surface area (Å²) >= 11 is 3.49. The number of carbonyl (C=O) groups excluding carboxylic acids is 2. The number of carbonyl (C=O) groups is 2. The molecule has 0 unspecified atom stereocenters. The third kappa shape index (κ3) is 5.13. The molecule has 0 aliphatic carbocycles. The van der Waals surface area contributed by atoms with Crippen LogP contribution in [0.15, 0.2) is 77.3 Å². The van der Waals surface area contributed by atoms with E-state index in [0.29, 0.717) is 26.9 Å². The molecule has 29 heavy (non-hydrogen) atoms. The number of nitrogens with one attached hydrogen (secondary N) is 1. The topological polar surface area (TPSA) is 55.4 Å². The van der Waals surface area contributed by atoms with Crippen molar-refractivity contribution in [2.45, 2.75) is 6.92 Å². The second-order valence-electron chi connectivity index (χ2n) is 6.00. The molecule has 0 saturated heterocycles. The fourth-order valence-electron chi connectivity index (χ4n) is 2.63. The number of halogens is 1. The Bertz CT molecular complexity index is 1100. The highest BCUT2D eigenvalue weighted by molar-refractivity contribution is 9.10. The summed E-state index contributed by atoms with van der Waals surface area (Å²) < 4.78 is 5.65. The van der Waals surface area contributed by atoms with Gasteiger partial charge in [0.25, 0.3) is 5.91 Å². The third-order valence-electron chi connectivity index (χ3n) is 4.03. The van der Waals surface area contributed by atoms with Crippen molar-refractivity contribution >= 4 is 33.5 Å². The van der Waals surface area contributed by atoms with Gasteiger partial charge in [0.15, 0.2) is 0 Å². The van der Waals surface area contributed by atoms with Gasteiger partial charge in [0.05, 0.1) is 23.4 Å². The maximum atomic E-state index is 12.9. The van der Waals surface area contributed by atoms with Gasteiger partial charge in [-0.25, -0.2) is 4.79 Å². The van der Waals surface area contributed by atoms with Crippen molar-refractivity contribution < 1.29 is 14.3 Å². The first kappa shape index (κ1) is 20.4. The number of rotatable bonds is 4. The number of benzene rings is 3. The Morgan fingerprint density at radius 2 is 1.59 bits per heavy atom. The minimum atomic E-state index is -0.482. The van der Waals surface area contributed by atoms with Gasteiger partial charge in [-0.1, -0.05) is 48.2 Å². The van der Waals surface area contributed by atoms with Crippen LogP contribution in [0.1, 0.15) is 38.8 Å². The van der Waals surface area contributed by atoms with E-state index in [4.69, 9.17) is 4.74 Å². The molecule has 0 bridgehead atoms. The summed E-state index contributed by atoms with van der Waals surface area (Å²) in [6.07, 6.45) is 0. The Labute approximate surface area is 178 Å². The van der Waals surface area contributed by atoms with Crippen LogP contribution in [-0.2, 0) is 4.74 Å². The summed E-state index contributed by atoms with van der Waals surface area (Å²) in [4.78, 5) is 25.0. The van der Waals surface area contributed by atoms with Crippen LogP contribution in [0.5, 0.6) is 0 Å². The average Bonchev–Trinajstić information content (AvgIpc) is 2.74. The lowest BCUT2D eigenvalue weighted by Gasteiger charge is -2.11. The smallest absolute Gasteiger partial charge is 0.340 e. The second-order valence-corrected chi connectivity index (χ2v) is 6.80. The average molecular weight is 448 g/mol. The highest BCUT2D eigenvalue weighted by Crippen LogP contribution is 2.24. The normalized spacial score (nSPS) is 9.86. The molecule has 0 radical (unpaired) electrons. The summed E-state index contributed by atoms with van der Waals surface area (Å²) in [7, 11) is 0. The predicted octanol–water partition coefficient (Wildman–Crippen LogP) is 5.28. The van der Waals surface area contributed by atoms with E-state index in [1.165, 1.54) is 0 Å². The maximum Gasteiger partial charge on any atom is 0.340 e. The van der Waals surface area contributed by atoms with Crippen LogP contribution < -0.4 is 5.32 Å². The first-order valence-corrected chi connectivity index (χ1v) is 9.82. The summed E-state index contributed by atoms with van der Waals surface area (Å²) in [5.41, 5.74) is 2.70. The second kappa shape index (κ2) is 9.72. The van der Waals surface area contributed by atoms with Crippen molar-refractivity contribution in [2.75, 3.05) is 11.9 Å². The zero-order chi connectivity index (χ0) is 20.6. The van der Waals surface area contributed by atoms with E-state index in [1.54, 1.807) is 43.3 Å². The van der Waals surface area contributed by atoms with Crippen molar-refractivity contribution in [3.05, 3.63) is 99.5 Å². The Kier molecular flexibility index (Phi) is 6.83. The molecule has 3 rings (SSSR count). The van der Waals surface area contributed by atoms with Crippen LogP contribution in [0.4, 0.5) is 5.69 Å². The summed E-state index contributed by atoms with van der Waals surface area (Å²) in [6.45, 7) is 1.99. The van der Waals surface area contributed by atoms with E-state index in [9.17, 15) is 9.59 Å². The van der Waals surface area contributed by atoms with Crippen molar-refractivity contribution in [3.8, 4) is 11.8 Å². The quantitative estimate of drug-likeness (QED) is 0.437. The van der Waals surface area contributed by atoms with E-state index in [2.05, 4.69) is 33.1 Å². The molecule has 4 nitrogen and oxygen atoms in total. The van der Waals surface area contributed by atoms with Crippen LogP contribution >= 0.6 is 15.9 Å². The van der Waals surface area contributed by atoms with Gasteiger partial charge < -0.3 is 10.1 Å². The molecular weight excluding hydrogens is 430 g/mol. The summed E-state index contributed by atoms with van der Waals surface area (Å²) in [5.74, 6) is 5.33. The Morgan fingerprint density at radius 3 is 2.34 bits per heavy atom. The van der Waals surface area contributed by atoms with Gasteiger partial charge in [-0.3, -0.25) is 4.79 Å². The Hall–Kier alpha value is -3.36. The van der Waals surface area contributed by atoms with Gasteiger partial charge in [-0.2, -0.15) is 0 Å². The molecule has 0 aliphatic rings. The number of anilines is 1. The third-order valence-corrected chi connectivity index (χ3v) is 4.88. The monoisotopic (exact) mass is 447 g/mol. The number of para-hydroxylation sites is 1. The number of amides is 1. The predicted molar refractivity (Wildman–Crippen MR) is 117 cm³/mol. The minimum Gasteiger partial charge on any atom is -0.462 e. The fraction of sp³-hybridized carbons (Fsp3) is 0.0833. The maximum absolute atomic E-state index is 12.9. The molecule has 0 saturated carbocycles. The van der Waals surface area contributed by atoms with Gasteiger partial charge in [0.2, 0.25) is 0 Å². The van der Waals surface area contributed by atoms with Crippen LogP contribution in [0, 0.1) is 11.8 Å². The number of ether oxygens (including phenoxy) is 1. The largest absolute Gasteiger partial charge is 0.462 e. The standard InChI is InChI=1S/C24H18BrNO3/c1-2-29-24(28)19-12-6-7-14-21(19)26-23(27)20-13-8-11-18(22(20)25)16-15-17-9-4-3-5-10-17/h3-14H,2H2,1H3,(H,26,27). The molecule has 0 atom stereocenters. The van der Waals surface area contributed by atoms with Gasteiger partial charge in [0.1, 0.15) is 0 Å². The zero-order valence-corrected chi connectivity index (χ0v) is 17.3. The fourth-order valence-corrected chi connectivity index (χ4v) is 3.18. The van der Waals surface area contributed by atoms with Crippen LogP contribution in [-0.4, -0.2) is 18.5 Å². The van der Waals surface area contributed by atoms with Crippen LogP contribution in [0.2, 0.25) is 0 Å². The van der Waals surface area contributed by atoms with E-state index >= 15 is 0 Å². The first-order chi connectivity index (χ1) is 14.1. The van der Waals surface area contributed by atoms with Crippen LogP contribution in [0.3, 0.4) is 0 Å². The molecule has 0 heterocycles. The highest BCUT2D eigenvalue weighted by atomic mass is 79.9. The van der Waals surface area contributed by atoms with Crippen molar-refractivity contribution in [1.82, 2.24) is 0 Å². The summed E-state index contributed by atoms with van der Waals surface area (Å²) in [5, 5.41) is 2.79. The lowest BCUT2D eigenvalue weighted by Crippen LogP contribution is -2.16. The van der Waals surface area contributed by atoms with Crippen molar-refractivity contribution in [2.24, 2.45) is 0 Å². The summed E-state index contributed by atoms with van der Waals surface area (Å²) in [6, 6.07) is 21.7. The molecule has 1 amide bonds. The van der Waals surface area contributed by atoms with Crippen molar-refractivity contribution in [1.29, 1.82) is 0 Å².